The number of rotatable bonds is 7. The summed E-state index contributed by atoms with van der Waals surface area (Å²) in [5.74, 6) is 0.164. The Bertz CT molecular complexity index is 500. The van der Waals surface area contributed by atoms with Gasteiger partial charge in [-0.25, -0.2) is 0 Å². The average molecular weight is 388 g/mol. The van der Waals surface area contributed by atoms with E-state index in [1.54, 1.807) is 31.4 Å². The minimum atomic E-state index is -1.18. The smallest absolute Gasteiger partial charge is 0.325 e. The third kappa shape index (κ3) is 5.38. The van der Waals surface area contributed by atoms with Crippen molar-refractivity contribution in [1.82, 2.24) is 0 Å². The molecule has 0 N–H and O–H groups in total. The van der Waals surface area contributed by atoms with E-state index in [1.807, 2.05) is 13.8 Å². The van der Waals surface area contributed by atoms with Crippen LogP contribution in [0.5, 0.6) is 5.75 Å². The quantitative estimate of drug-likeness (QED) is 0.584. The minimum absolute atomic E-state index is 0.0666. The van der Waals surface area contributed by atoms with Crippen molar-refractivity contribution in [2.24, 2.45) is 5.41 Å². The van der Waals surface area contributed by atoms with Gasteiger partial charge in [0.2, 0.25) is 0 Å². The van der Waals surface area contributed by atoms with Crippen molar-refractivity contribution in [1.29, 1.82) is 0 Å². The summed E-state index contributed by atoms with van der Waals surface area (Å²) in [4.78, 5) is 11.3. The van der Waals surface area contributed by atoms with Crippen LogP contribution in [-0.2, 0) is 13.4 Å². The lowest BCUT2D eigenvalue weighted by atomic mass is 9.82. The van der Waals surface area contributed by atoms with E-state index in [1.165, 1.54) is 0 Å². The SMILES string of the molecule is COc1ccc(C(Cl)(Cl)CC(Cl)C(C)(C)CC(=O)OCl)cc1. The van der Waals surface area contributed by atoms with Crippen LogP contribution in [0.4, 0.5) is 0 Å². The van der Waals surface area contributed by atoms with E-state index in [2.05, 4.69) is 4.29 Å². The lowest BCUT2D eigenvalue weighted by molar-refractivity contribution is -0.136. The van der Waals surface area contributed by atoms with Crippen molar-refractivity contribution in [3.05, 3.63) is 29.8 Å². The van der Waals surface area contributed by atoms with E-state index in [0.717, 1.165) is 0 Å². The van der Waals surface area contributed by atoms with Gasteiger partial charge in [-0.05, 0) is 23.1 Å². The second-order valence-corrected chi connectivity index (χ2v) is 7.88. The Kier molecular flexibility index (Phi) is 7.13. The third-order valence-electron chi connectivity index (χ3n) is 3.48. The van der Waals surface area contributed by atoms with Crippen LogP contribution in [0.25, 0.3) is 0 Å². The highest BCUT2D eigenvalue weighted by molar-refractivity contribution is 6.48. The molecule has 1 atom stereocenters. The molecule has 0 amide bonds. The number of hydrogen-bond donors (Lipinski definition) is 0. The van der Waals surface area contributed by atoms with E-state index in [9.17, 15) is 4.79 Å². The Morgan fingerprint density at radius 2 is 1.77 bits per heavy atom. The average Bonchev–Trinajstić information content (AvgIpc) is 2.46. The summed E-state index contributed by atoms with van der Waals surface area (Å²) in [7, 11) is 1.58. The molecule has 124 valence electrons. The molecule has 0 saturated carbocycles. The molecule has 0 aliphatic heterocycles. The summed E-state index contributed by atoms with van der Waals surface area (Å²) in [6, 6.07) is 7.10. The fourth-order valence-corrected chi connectivity index (χ4v) is 3.05. The number of ether oxygens (including phenoxy) is 1. The summed E-state index contributed by atoms with van der Waals surface area (Å²) in [5.41, 5.74) is 0.132. The van der Waals surface area contributed by atoms with Crippen molar-refractivity contribution in [3.8, 4) is 5.75 Å². The van der Waals surface area contributed by atoms with Gasteiger partial charge in [0, 0.05) is 11.8 Å². The second kappa shape index (κ2) is 7.96. The summed E-state index contributed by atoms with van der Waals surface area (Å²) >= 11 is 24.3. The van der Waals surface area contributed by atoms with Gasteiger partial charge in [-0.15, -0.1) is 11.6 Å². The van der Waals surface area contributed by atoms with E-state index in [-0.39, 0.29) is 12.8 Å². The normalized spacial score (nSPS) is 13.6. The number of carbonyl (C=O) groups is 1. The minimum Gasteiger partial charge on any atom is -0.497 e. The second-order valence-electron chi connectivity index (χ2n) is 5.72. The van der Waals surface area contributed by atoms with Crippen LogP contribution in [-0.4, -0.2) is 18.5 Å². The Labute approximate surface area is 150 Å². The molecule has 22 heavy (non-hydrogen) atoms. The van der Waals surface area contributed by atoms with Gasteiger partial charge in [-0.2, -0.15) is 0 Å². The van der Waals surface area contributed by atoms with Crippen LogP contribution in [0.3, 0.4) is 0 Å². The number of carbonyl (C=O) groups excluding carboxylic acids is 1. The van der Waals surface area contributed by atoms with E-state index < -0.39 is 21.1 Å². The first-order valence-electron chi connectivity index (χ1n) is 6.60. The zero-order valence-electron chi connectivity index (χ0n) is 12.5. The van der Waals surface area contributed by atoms with Gasteiger partial charge < -0.3 is 9.03 Å². The molecule has 0 aliphatic carbocycles. The molecule has 0 bridgehead atoms. The molecule has 1 rings (SSSR count). The van der Waals surface area contributed by atoms with Gasteiger partial charge in [0.15, 0.2) is 0 Å². The number of halogens is 4. The number of benzene rings is 1. The molecule has 0 aromatic heterocycles. The lowest BCUT2D eigenvalue weighted by Crippen LogP contribution is -2.32. The molecule has 1 aromatic carbocycles. The summed E-state index contributed by atoms with van der Waals surface area (Å²) in [6.45, 7) is 3.66. The Morgan fingerprint density at radius 1 is 1.23 bits per heavy atom. The summed E-state index contributed by atoms with van der Waals surface area (Å²) in [6.07, 6.45) is 0.323. The third-order valence-corrected chi connectivity index (χ3v) is 5.14. The molecule has 7 heteroatoms. The molecule has 0 spiro atoms. The van der Waals surface area contributed by atoms with Gasteiger partial charge in [-0.3, -0.25) is 4.79 Å². The van der Waals surface area contributed by atoms with Crippen molar-refractivity contribution in [3.63, 3.8) is 0 Å². The molecule has 0 fully saturated rings. The molecule has 0 aliphatic rings. The first-order chi connectivity index (χ1) is 10.1. The predicted molar refractivity (Wildman–Crippen MR) is 91.0 cm³/mol. The molecule has 1 unspecified atom stereocenters. The monoisotopic (exact) mass is 386 g/mol. The molecule has 1 aromatic rings. The van der Waals surface area contributed by atoms with Crippen LogP contribution in [0.2, 0.25) is 0 Å². The molecule has 0 heterocycles. The number of methoxy groups -OCH3 is 1. The summed E-state index contributed by atoms with van der Waals surface area (Å²) in [5, 5.41) is -0.458. The van der Waals surface area contributed by atoms with Crippen molar-refractivity contribution < 1.29 is 13.8 Å². The Hall–Kier alpha value is -0.350. The zero-order valence-corrected chi connectivity index (χ0v) is 15.6. The highest BCUT2D eigenvalue weighted by Crippen LogP contribution is 2.44. The van der Waals surface area contributed by atoms with Gasteiger partial charge in [-0.1, -0.05) is 49.2 Å². The predicted octanol–water partition coefficient (Wildman–Crippen LogP) is 5.44. The molecule has 0 saturated heterocycles. The van der Waals surface area contributed by atoms with Crippen molar-refractivity contribution in [2.75, 3.05) is 7.11 Å². The number of alkyl halides is 3. The van der Waals surface area contributed by atoms with E-state index >= 15 is 0 Å². The van der Waals surface area contributed by atoms with Crippen molar-refractivity contribution in [2.45, 2.75) is 36.4 Å². The van der Waals surface area contributed by atoms with Crippen LogP contribution < -0.4 is 4.74 Å². The van der Waals surface area contributed by atoms with E-state index in [4.69, 9.17) is 51.4 Å². The van der Waals surface area contributed by atoms with Gasteiger partial charge >= 0.3 is 5.97 Å². The van der Waals surface area contributed by atoms with Gasteiger partial charge in [0.05, 0.1) is 13.5 Å². The highest BCUT2D eigenvalue weighted by Gasteiger charge is 2.38. The lowest BCUT2D eigenvalue weighted by Gasteiger charge is -2.33. The fraction of sp³-hybridized carbons (Fsp3) is 0.533. The standard InChI is InChI=1S/C15H18Cl4O3/c1-14(2,9-13(20)22-19)12(16)8-15(17,18)10-4-6-11(21-3)7-5-10/h4-7,12H,8-9H2,1-3H3. The van der Waals surface area contributed by atoms with Crippen molar-refractivity contribution >= 4 is 52.6 Å². The molecule has 3 nitrogen and oxygen atoms in total. The van der Waals surface area contributed by atoms with Crippen LogP contribution >= 0.6 is 46.7 Å². The van der Waals surface area contributed by atoms with Gasteiger partial charge in [0.25, 0.3) is 0 Å². The fourth-order valence-electron chi connectivity index (χ4n) is 1.96. The largest absolute Gasteiger partial charge is 0.497 e. The maximum Gasteiger partial charge on any atom is 0.325 e. The molecular formula is C15H18Cl4O3. The topological polar surface area (TPSA) is 35.5 Å². The Morgan fingerprint density at radius 3 is 2.23 bits per heavy atom. The molecule has 0 radical (unpaired) electrons. The van der Waals surface area contributed by atoms with Gasteiger partial charge in [0.1, 0.15) is 21.9 Å². The highest BCUT2D eigenvalue weighted by atomic mass is 35.5. The Balaban J connectivity index is 2.83. The summed E-state index contributed by atoms with van der Waals surface area (Å²) < 4.78 is 8.09. The maximum absolute atomic E-state index is 11.3. The van der Waals surface area contributed by atoms with Crippen LogP contribution in [0, 0.1) is 5.41 Å². The first-order valence-corrected chi connectivity index (χ1v) is 8.10. The first kappa shape index (κ1) is 19.7. The zero-order chi connectivity index (χ0) is 17.0. The molecular weight excluding hydrogens is 370 g/mol. The number of hydrogen-bond acceptors (Lipinski definition) is 3. The van der Waals surface area contributed by atoms with Crippen LogP contribution in [0.15, 0.2) is 24.3 Å². The maximum atomic E-state index is 11.3. The van der Waals surface area contributed by atoms with Crippen LogP contribution in [0.1, 0.15) is 32.3 Å². The van der Waals surface area contributed by atoms with E-state index in [0.29, 0.717) is 11.3 Å².